The first-order valence-corrected chi connectivity index (χ1v) is 7.92. The van der Waals surface area contributed by atoms with Crippen LogP contribution in [0.25, 0.3) is 11.0 Å². The van der Waals surface area contributed by atoms with E-state index < -0.39 is 0 Å². The van der Waals surface area contributed by atoms with Crippen LogP contribution in [0.2, 0.25) is 0 Å². The molecular formula is C17H28N4. The number of imidazole rings is 1. The second-order valence-corrected chi connectivity index (χ2v) is 5.81. The van der Waals surface area contributed by atoms with Gasteiger partial charge < -0.3 is 14.8 Å². The van der Waals surface area contributed by atoms with Crippen LogP contribution < -0.4 is 5.32 Å². The van der Waals surface area contributed by atoms with Gasteiger partial charge in [0.2, 0.25) is 0 Å². The van der Waals surface area contributed by atoms with E-state index in [2.05, 4.69) is 65.8 Å². The summed E-state index contributed by atoms with van der Waals surface area (Å²) in [7, 11) is 2.06. The van der Waals surface area contributed by atoms with Gasteiger partial charge in [0.15, 0.2) is 0 Å². The summed E-state index contributed by atoms with van der Waals surface area (Å²) < 4.78 is 2.13. The maximum absolute atomic E-state index is 4.60. The molecule has 1 heterocycles. The fourth-order valence-electron chi connectivity index (χ4n) is 2.70. The number of aryl methyl sites for hydroxylation is 2. The molecular weight excluding hydrogens is 260 g/mol. The molecule has 1 unspecified atom stereocenters. The topological polar surface area (TPSA) is 33.1 Å². The van der Waals surface area contributed by atoms with Gasteiger partial charge in [-0.25, -0.2) is 4.98 Å². The zero-order valence-corrected chi connectivity index (χ0v) is 14.0. The third-order valence-corrected chi connectivity index (χ3v) is 4.25. The summed E-state index contributed by atoms with van der Waals surface area (Å²) in [5.41, 5.74) is 3.59. The summed E-state index contributed by atoms with van der Waals surface area (Å²) in [6.45, 7) is 12.9. The molecule has 1 atom stereocenters. The quantitative estimate of drug-likeness (QED) is 0.850. The van der Waals surface area contributed by atoms with Gasteiger partial charge in [0.05, 0.1) is 11.0 Å². The number of aromatic nitrogens is 2. The lowest BCUT2D eigenvalue weighted by molar-refractivity contribution is 0.270. The summed E-state index contributed by atoms with van der Waals surface area (Å²) >= 11 is 0. The van der Waals surface area contributed by atoms with Crippen molar-refractivity contribution in [1.82, 2.24) is 19.8 Å². The molecule has 1 aromatic carbocycles. The Balaban J connectivity index is 1.97. The molecule has 0 bridgehead atoms. The Bertz CT molecular complexity index is 584. The highest BCUT2D eigenvalue weighted by Crippen LogP contribution is 2.16. The third kappa shape index (κ3) is 3.83. The van der Waals surface area contributed by atoms with E-state index in [9.17, 15) is 0 Å². The van der Waals surface area contributed by atoms with E-state index in [-0.39, 0.29) is 0 Å². The Hall–Kier alpha value is -1.39. The summed E-state index contributed by atoms with van der Waals surface area (Å²) in [5, 5.41) is 3.61. The molecule has 116 valence electrons. The van der Waals surface area contributed by atoms with Crippen molar-refractivity contribution in [1.29, 1.82) is 0 Å². The minimum absolute atomic E-state index is 0.492. The average Bonchev–Trinajstić information content (AvgIpc) is 2.77. The van der Waals surface area contributed by atoms with E-state index in [1.54, 1.807) is 0 Å². The van der Waals surface area contributed by atoms with E-state index in [1.165, 1.54) is 11.1 Å². The van der Waals surface area contributed by atoms with Crippen LogP contribution in [0.5, 0.6) is 0 Å². The molecule has 0 saturated heterocycles. The summed E-state index contributed by atoms with van der Waals surface area (Å²) in [4.78, 5) is 7.05. The van der Waals surface area contributed by atoms with Crippen LogP contribution in [-0.4, -0.2) is 40.1 Å². The number of hydrogen-bond acceptors (Lipinski definition) is 3. The fraction of sp³-hybridized carbons (Fsp3) is 0.588. The lowest BCUT2D eigenvalue weighted by atomic mass is 10.2. The van der Waals surface area contributed by atoms with Gasteiger partial charge in [-0.15, -0.1) is 0 Å². The van der Waals surface area contributed by atoms with Crippen LogP contribution >= 0.6 is 0 Å². The molecule has 2 aromatic rings. The van der Waals surface area contributed by atoms with Crippen molar-refractivity contribution in [2.75, 3.05) is 19.6 Å². The third-order valence-electron chi connectivity index (χ3n) is 4.25. The van der Waals surface area contributed by atoms with Gasteiger partial charge in [0.1, 0.15) is 5.82 Å². The van der Waals surface area contributed by atoms with Crippen LogP contribution in [0, 0.1) is 6.92 Å². The molecule has 0 fully saturated rings. The first-order chi connectivity index (χ1) is 10.0. The van der Waals surface area contributed by atoms with E-state index in [0.717, 1.165) is 37.5 Å². The largest absolute Gasteiger partial charge is 0.331 e. The second kappa shape index (κ2) is 7.05. The Kier molecular flexibility index (Phi) is 5.37. The smallest absolute Gasteiger partial charge is 0.106 e. The van der Waals surface area contributed by atoms with Crippen molar-refractivity contribution >= 4 is 11.0 Å². The molecule has 4 heteroatoms. The van der Waals surface area contributed by atoms with Gasteiger partial charge >= 0.3 is 0 Å². The highest BCUT2D eigenvalue weighted by atomic mass is 15.1. The standard InChI is InChI=1S/C17H28N4/c1-6-21(7-2)12-13(3)18-11-15-8-9-17-16(10-15)19-14(4)20(17)5/h8-10,13,18H,6-7,11-12H2,1-5H3. The molecule has 0 aliphatic rings. The molecule has 0 aliphatic carbocycles. The highest BCUT2D eigenvalue weighted by Gasteiger charge is 2.08. The molecule has 0 amide bonds. The van der Waals surface area contributed by atoms with Crippen molar-refractivity contribution < 1.29 is 0 Å². The normalized spacial score (nSPS) is 13.2. The molecule has 4 nitrogen and oxygen atoms in total. The Morgan fingerprint density at radius 2 is 2.00 bits per heavy atom. The van der Waals surface area contributed by atoms with Gasteiger partial charge in [-0.05, 0) is 44.6 Å². The molecule has 1 N–H and O–H groups in total. The van der Waals surface area contributed by atoms with Gasteiger partial charge in [-0.3, -0.25) is 0 Å². The van der Waals surface area contributed by atoms with Gasteiger partial charge in [0.25, 0.3) is 0 Å². The van der Waals surface area contributed by atoms with Gasteiger partial charge in [-0.1, -0.05) is 19.9 Å². The number of nitrogens with one attached hydrogen (secondary N) is 1. The van der Waals surface area contributed by atoms with Crippen LogP contribution in [-0.2, 0) is 13.6 Å². The monoisotopic (exact) mass is 288 g/mol. The zero-order chi connectivity index (χ0) is 15.4. The van der Waals surface area contributed by atoms with Crippen molar-refractivity contribution in [3.63, 3.8) is 0 Å². The van der Waals surface area contributed by atoms with Crippen molar-refractivity contribution in [3.05, 3.63) is 29.6 Å². The minimum Gasteiger partial charge on any atom is -0.331 e. The predicted molar refractivity (Wildman–Crippen MR) is 89.5 cm³/mol. The van der Waals surface area contributed by atoms with E-state index >= 15 is 0 Å². The molecule has 21 heavy (non-hydrogen) atoms. The van der Waals surface area contributed by atoms with Crippen LogP contribution in [0.4, 0.5) is 0 Å². The summed E-state index contributed by atoms with van der Waals surface area (Å²) in [5.74, 6) is 1.06. The Morgan fingerprint density at radius 3 is 2.67 bits per heavy atom. The number of fused-ring (bicyclic) bond motifs is 1. The molecule has 2 rings (SSSR count). The summed E-state index contributed by atoms with van der Waals surface area (Å²) in [6.07, 6.45) is 0. The fourth-order valence-corrected chi connectivity index (χ4v) is 2.70. The zero-order valence-electron chi connectivity index (χ0n) is 14.0. The summed E-state index contributed by atoms with van der Waals surface area (Å²) in [6, 6.07) is 7.05. The number of nitrogens with zero attached hydrogens (tertiary/aromatic N) is 3. The first kappa shape index (κ1) is 16.0. The van der Waals surface area contributed by atoms with Gasteiger partial charge in [0, 0.05) is 26.2 Å². The van der Waals surface area contributed by atoms with Crippen LogP contribution in [0.1, 0.15) is 32.2 Å². The van der Waals surface area contributed by atoms with E-state index in [1.807, 2.05) is 6.92 Å². The first-order valence-electron chi connectivity index (χ1n) is 7.92. The highest BCUT2D eigenvalue weighted by molar-refractivity contribution is 5.76. The van der Waals surface area contributed by atoms with Crippen LogP contribution in [0.15, 0.2) is 18.2 Å². The van der Waals surface area contributed by atoms with Gasteiger partial charge in [-0.2, -0.15) is 0 Å². The molecule has 0 spiro atoms. The maximum Gasteiger partial charge on any atom is 0.106 e. The molecule has 0 radical (unpaired) electrons. The number of benzene rings is 1. The average molecular weight is 288 g/mol. The van der Waals surface area contributed by atoms with Crippen molar-refractivity contribution in [3.8, 4) is 0 Å². The number of rotatable bonds is 7. The Morgan fingerprint density at radius 1 is 1.29 bits per heavy atom. The Labute approximate surface area is 128 Å². The molecule has 0 aliphatic heterocycles. The van der Waals surface area contributed by atoms with Crippen LogP contribution in [0.3, 0.4) is 0 Å². The lowest BCUT2D eigenvalue weighted by Crippen LogP contribution is -2.38. The second-order valence-electron chi connectivity index (χ2n) is 5.81. The SMILES string of the molecule is CCN(CC)CC(C)NCc1ccc2c(c1)nc(C)n2C. The number of hydrogen-bond donors (Lipinski definition) is 1. The minimum atomic E-state index is 0.492. The molecule has 0 saturated carbocycles. The maximum atomic E-state index is 4.60. The molecule has 1 aromatic heterocycles. The predicted octanol–water partition coefficient (Wildman–Crippen LogP) is 2.70. The van der Waals surface area contributed by atoms with Crippen molar-refractivity contribution in [2.24, 2.45) is 7.05 Å². The van der Waals surface area contributed by atoms with E-state index in [4.69, 9.17) is 0 Å². The van der Waals surface area contributed by atoms with E-state index in [0.29, 0.717) is 6.04 Å². The van der Waals surface area contributed by atoms with Crippen molar-refractivity contribution in [2.45, 2.75) is 40.3 Å². The lowest BCUT2D eigenvalue weighted by Gasteiger charge is -2.23. The number of likely N-dealkylation sites (N-methyl/N-ethyl adjacent to an activating group) is 1.